The summed E-state index contributed by atoms with van der Waals surface area (Å²) in [6, 6.07) is 13.1. The normalized spacial score (nSPS) is 13.9. The van der Waals surface area contributed by atoms with Gasteiger partial charge in [-0.05, 0) is 42.2 Å². The minimum Gasteiger partial charge on any atom is -0.334 e. The smallest absolute Gasteiger partial charge is 0.334 e. The fourth-order valence-electron chi connectivity index (χ4n) is 4.16. The van der Waals surface area contributed by atoms with Gasteiger partial charge in [0.25, 0.3) is 5.91 Å². The summed E-state index contributed by atoms with van der Waals surface area (Å²) in [5, 5.41) is 4.31. The van der Waals surface area contributed by atoms with E-state index in [-0.39, 0.29) is 5.91 Å². The Labute approximate surface area is 182 Å². The molecule has 4 aromatic rings. The largest absolute Gasteiger partial charge is 0.416 e. The minimum atomic E-state index is -4.44. The third-order valence-electron chi connectivity index (χ3n) is 5.92. The molecule has 5 rings (SSSR count). The molecule has 162 valence electrons. The fraction of sp³-hybridized carbons (Fsp3) is 0.208. The maximum Gasteiger partial charge on any atom is 0.416 e. The van der Waals surface area contributed by atoms with Crippen LogP contribution in [0, 0.1) is 6.92 Å². The van der Waals surface area contributed by atoms with Crippen molar-refractivity contribution in [2.45, 2.75) is 26.1 Å². The van der Waals surface area contributed by atoms with Crippen LogP contribution in [0.4, 0.5) is 13.2 Å². The van der Waals surface area contributed by atoms with Gasteiger partial charge in [0, 0.05) is 24.8 Å². The zero-order valence-corrected chi connectivity index (χ0v) is 17.2. The lowest BCUT2D eigenvalue weighted by atomic mass is 9.99. The maximum atomic E-state index is 13.2. The van der Waals surface area contributed by atoms with Gasteiger partial charge in [-0.1, -0.05) is 36.4 Å². The van der Waals surface area contributed by atoms with Gasteiger partial charge in [0.05, 0.1) is 23.0 Å². The zero-order valence-electron chi connectivity index (χ0n) is 17.2. The Hall–Kier alpha value is -3.68. The van der Waals surface area contributed by atoms with Crippen LogP contribution in [0.2, 0.25) is 0 Å². The third-order valence-corrected chi connectivity index (χ3v) is 5.92. The van der Waals surface area contributed by atoms with Crippen LogP contribution in [0.25, 0.3) is 16.8 Å². The van der Waals surface area contributed by atoms with E-state index < -0.39 is 11.7 Å². The van der Waals surface area contributed by atoms with E-state index in [4.69, 9.17) is 0 Å². The molecule has 8 heteroatoms. The van der Waals surface area contributed by atoms with Gasteiger partial charge >= 0.3 is 6.18 Å². The Balaban J connectivity index is 1.49. The zero-order chi connectivity index (χ0) is 22.5. The number of aromatic nitrogens is 3. The summed E-state index contributed by atoms with van der Waals surface area (Å²) in [6.07, 6.45) is -0.671. The first-order chi connectivity index (χ1) is 15.3. The molecule has 32 heavy (non-hydrogen) atoms. The van der Waals surface area contributed by atoms with E-state index in [1.54, 1.807) is 17.9 Å². The summed E-state index contributed by atoms with van der Waals surface area (Å²) in [7, 11) is 0. The van der Waals surface area contributed by atoms with Gasteiger partial charge in [-0.3, -0.25) is 4.79 Å². The molecule has 0 spiro atoms. The number of fused-ring (bicyclic) bond motifs is 2. The molecule has 0 aliphatic carbocycles. The Morgan fingerprint density at radius 1 is 1.03 bits per heavy atom. The molecule has 0 saturated heterocycles. The Morgan fingerprint density at radius 3 is 2.59 bits per heavy atom. The topological polar surface area (TPSA) is 50.5 Å². The first kappa shape index (κ1) is 20.2. The third kappa shape index (κ3) is 3.41. The summed E-state index contributed by atoms with van der Waals surface area (Å²) < 4.78 is 40.9. The minimum absolute atomic E-state index is 0.137. The number of aryl methyl sites for hydroxylation is 1. The van der Waals surface area contributed by atoms with E-state index in [9.17, 15) is 18.0 Å². The van der Waals surface area contributed by atoms with Crippen molar-refractivity contribution >= 4 is 11.6 Å². The standard InChI is InChI=1S/C24H19F3N4O/c1-15-20(23(32)30-10-9-16-5-2-3-6-18(16)14-30)12-28-22-21(13-29-31(15)22)17-7-4-8-19(11-17)24(25,26)27/h2-8,11-13H,9-10,14H2,1H3. The van der Waals surface area contributed by atoms with Crippen molar-refractivity contribution < 1.29 is 18.0 Å². The number of carbonyl (C=O) groups is 1. The molecule has 1 aliphatic rings. The summed E-state index contributed by atoms with van der Waals surface area (Å²) in [5.74, 6) is -0.137. The molecule has 5 nitrogen and oxygen atoms in total. The molecule has 0 unspecified atom stereocenters. The number of nitrogens with zero attached hydrogens (tertiary/aromatic N) is 4. The van der Waals surface area contributed by atoms with Crippen molar-refractivity contribution in [1.29, 1.82) is 0 Å². The highest BCUT2D eigenvalue weighted by Gasteiger charge is 2.31. The maximum absolute atomic E-state index is 13.2. The molecule has 0 bridgehead atoms. The van der Waals surface area contributed by atoms with Gasteiger partial charge in [-0.2, -0.15) is 18.3 Å². The predicted molar refractivity (Wildman–Crippen MR) is 113 cm³/mol. The van der Waals surface area contributed by atoms with Crippen molar-refractivity contribution in [3.8, 4) is 11.1 Å². The number of rotatable bonds is 2. The molecular formula is C24H19F3N4O. The predicted octanol–water partition coefficient (Wildman–Crippen LogP) is 4.92. The van der Waals surface area contributed by atoms with Crippen LogP contribution in [0.3, 0.4) is 0 Å². The second-order valence-electron chi connectivity index (χ2n) is 7.87. The fourth-order valence-corrected chi connectivity index (χ4v) is 4.16. The monoisotopic (exact) mass is 436 g/mol. The summed E-state index contributed by atoms with van der Waals surface area (Å²) >= 11 is 0. The Bertz CT molecular complexity index is 1340. The van der Waals surface area contributed by atoms with Gasteiger partial charge in [-0.25, -0.2) is 9.50 Å². The van der Waals surface area contributed by atoms with Crippen LogP contribution in [0.5, 0.6) is 0 Å². The number of alkyl halides is 3. The van der Waals surface area contributed by atoms with Crippen LogP contribution in [-0.2, 0) is 19.1 Å². The highest BCUT2D eigenvalue weighted by atomic mass is 19.4. The lowest BCUT2D eigenvalue weighted by Crippen LogP contribution is -2.36. The van der Waals surface area contributed by atoms with Crippen LogP contribution < -0.4 is 0 Å². The van der Waals surface area contributed by atoms with Crippen molar-refractivity contribution in [2.24, 2.45) is 0 Å². The highest BCUT2D eigenvalue weighted by molar-refractivity contribution is 5.95. The van der Waals surface area contributed by atoms with E-state index in [0.717, 1.165) is 24.1 Å². The van der Waals surface area contributed by atoms with E-state index in [1.807, 2.05) is 18.2 Å². The SMILES string of the molecule is Cc1c(C(=O)N2CCc3ccccc3C2)cnc2c(-c3cccc(C(F)(F)F)c3)cnn12. The van der Waals surface area contributed by atoms with E-state index >= 15 is 0 Å². The molecule has 3 heterocycles. The second-order valence-corrected chi connectivity index (χ2v) is 7.87. The Morgan fingerprint density at radius 2 is 1.81 bits per heavy atom. The van der Waals surface area contributed by atoms with Gasteiger partial charge in [0.15, 0.2) is 5.65 Å². The molecule has 0 saturated carbocycles. The molecule has 0 fully saturated rings. The van der Waals surface area contributed by atoms with Crippen LogP contribution >= 0.6 is 0 Å². The van der Waals surface area contributed by atoms with Gasteiger partial charge < -0.3 is 4.90 Å². The second kappa shape index (κ2) is 7.47. The van der Waals surface area contributed by atoms with Crippen molar-refractivity contribution in [1.82, 2.24) is 19.5 Å². The van der Waals surface area contributed by atoms with Gasteiger partial charge in [-0.15, -0.1) is 0 Å². The van der Waals surface area contributed by atoms with Crippen molar-refractivity contribution in [3.63, 3.8) is 0 Å². The average Bonchev–Trinajstić information content (AvgIpc) is 3.23. The average molecular weight is 436 g/mol. The lowest BCUT2D eigenvalue weighted by molar-refractivity contribution is -0.137. The van der Waals surface area contributed by atoms with Crippen molar-refractivity contribution in [2.75, 3.05) is 6.54 Å². The molecule has 2 aromatic carbocycles. The van der Waals surface area contributed by atoms with Crippen molar-refractivity contribution in [3.05, 3.63) is 88.9 Å². The quantitative estimate of drug-likeness (QED) is 0.448. The van der Waals surface area contributed by atoms with Crippen LogP contribution in [0.1, 0.15) is 32.7 Å². The number of carbonyl (C=O) groups excluding carboxylic acids is 1. The number of hydrogen-bond acceptors (Lipinski definition) is 3. The van der Waals surface area contributed by atoms with E-state index in [0.29, 0.717) is 41.1 Å². The molecule has 0 atom stereocenters. The van der Waals surface area contributed by atoms with Gasteiger partial charge in [0.2, 0.25) is 0 Å². The Kier molecular flexibility index (Phi) is 4.73. The first-order valence-corrected chi connectivity index (χ1v) is 10.2. The van der Waals surface area contributed by atoms with Gasteiger partial charge in [0.1, 0.15) is 0 Å². The molecule has 1 amide bonds. The summed E-state index contributed by atoms with van der Waals surface area (Å²) in [4.78, 5) is 19.4. The van der Waals surface area contributed by atoms with Crippen LogP contribution in [0.15, 0.2) is 60.9 Å². The molecule has 2 aromatic heterocycles. The number of hydrogen-bond donors (Lipinski definition) is 0. The molecule has 0 radical (unpaired) electrons. The number of amides is 1. The highest BCUT2D eigenvalue weighted by Crippen LogP contribution is 2.33. The molecule has 1 aliphatic heterocycles. The van der Waals surface area contributed by atoms with E-state index in [2.05, 4.69) is 16.1 Å². The first-order valence-electron chi connectivity index (χ1n) is 10.2. The molecular weight excluding hydrogens is 417 g/mol. The molecule has 0 N–H and O–H groups in total. The lowest BCUT2D eigenvalue weighted by Gasteiger charge is -2.29. The number of halogens is 3. The van der Waals surface area contributed by atoms with E-state index in [1.165, 1.54) is 28.5 Å². The summed E-state index contributed by atoms with van der Waals surface area (Å²) in [5.41, 5.74) is 3.92. The number of benzene rings is 2. The van der Waals surface area contributed by atoms with Crippen LogP contribution in [-0.4, -0.2) is 31.9 Å². The summed E-state index contributed by atoms with van der Waals surface area (Å²) in [6.45, 7) is 2.91.